The molecule has 2 aromatic rings. The predicted molar refractivity (Wildman–Crippen MR) is 108 cm³/mol. The van der Waals surface area contributed by atoms with E-state index in [0.29, 0.717) is 11.4 Å². The van der Waals surface area contributed by atoms with Gasteiger partial charge in [0.2, 0.25) is 0 Å². The number of allylic oxidation sites excluding steroid dienone is 2. The average Bonchev–Trinajstić information content (AvgIpc) is 3.03. The third kappa shape index (κ3) is 3.96. The number of benzene rings is 2. The number of rotatable bonds is 6. The molecule has 0 saturated carbocycles. The molecule has 0 bridgehead atoms. The number of alkyl halides is 2. The van der Waals surface area contributed by atoms with Crippen molar-refractivity contribution in [3.05, 3.63) is 84.0 Å². The fourth-order valence-electron chi connectivity index (χ4n) is 3.21. The fourth-order valence-corrected chi connectivity index (χ4v) is 3.33. The summed E-state index contributed by atoms with van der Waals surface area (Å²) in [5, 5.41) is 6.51. The van der Waals surface area contributed by atoms with Gasteiger partial charge in [-0.15, -0.1) is 6.58 Å². The predicted octanol–water partition coefficient (Wildman–Crippen LogP) is 6.53. The summed E-state index contributed by atoms with van der Waals surface area (Å²) in [5.74, 6) is -3.06. The highest BCUT2D eigenvalue weighted by Crippen LogP contribution is 2.36. The summed E-state index contributed by atoms with van der Waals surface area (Å²) in [4.78, 5) is 0. The Morgan fingerprint density at radius 3 is 2.48 bits per heavy atom. The number of hydrazone groups is 1. The van der Waals surface area contributed by atoms with Gasteiger partial charge in [0, 0.05) is 23.4 Å². The minimum absolute atomic E-state index is 0.193. The van der Waals surface area contributed by atoms with Crippen LogP contribution in [0.1, 0.15) is 25.3 Å². The summed E-state index contributed by atoms with van der Waals surface area (Å²) >= 11 is 5.99. The van der Waals surface area contributed by atoms with Crippen molar-refractivity contribution in [1.82, 2.24) is 5.01 Å². The van der Waals surface area contributed by atoms with Crippen LogP contribution in [-0.4, -0.2) is 22.7 Å². The van der Waals surface area contributed by atoms with Gasteiger partial charge >= 0.3 is 0 Å². The molecule has 0 aromatic heterocycles. The summed E-state index contributed by atoms with van der Waals surface area (Å²) in [5.41, 5.74) is 3.39. The van der Waals surface area contributed by atoms with E-state index in [0.717, 1.165) is 22.4 Å². The second-order valence-corrected chi connectivity index (χ2v) is 7.08. The van der Waals surface area contributed by atoms with E-state index < -0.39 is 12.3 Å². The number of hydrogen-bond acceptors (Lipinski definition) is 2. The van der Waals surface area contributed by atoms with E-state index in [1.165, 1.54) is 11.1 Å². The van der Waals surface area contributed by atoms with Gasteiger partial charge in [-0.1, -0.05) is 60.7 Å². The topological polar surface area (TPSA) is 15.6 Å². The van der Waals surface area contributed by atoms with Crippen molar-refractivity contribution in [3.63, 3.8) is 0 Å². The van der Waals surface area contributed by atoms with E-state index in [1.54, 1.807) is 0 Å². The molecule has 1 heterocycles. The van der Waals surface area contributed by atoms with Gasteiger partial charge < -0.3 is 0 Å². The third-order valence-corrected chi connectivity index (χ3v) is 4.88. The maximum Gasteiger partial charge on any atom is 0.292 e. The van der Waals surface area contributed by atoms with Crippen LogP contribution in [0.5, 0.6) is 0 Å². The molecular weight excluding hydrogens is 366 g/mol. The van der Waals surface area contributed by atoms with Crippen LogP contribution in [0.4, 0.5) is 8.78 Å². The van der Waals surface area contributed by atoms with Crippen molar-refractivity contribution in [2.24, 2.45) is 5.10 Å². The molecule has 1 aliphatic rings. The molecule has 1 aliphatic heterocycles. The summed E-state index contributed by atoms with van der Waals surface area (Å²) < 4.78 is 28.5. The lowest BCUT2D eigenvalue weighted by atomic mass is 9.94. The summed E-state index contributed by atoms with van der Waals surface area (Å²) in [6.45, 7) is 8.88. The molecule has 0 amide bonds. The molecule has 0 saturated heterocycles. The highest BCUT2D eigenvalue weighted by molar-refractivity contribution is 6.30. The maximum atomic E-state index is 14.3. The lowest BCUT2D eigenvalue weighted by Gasteiger charge is -2.27. The normalized spacial score (nSPS) is 17.0. The largest absolute Gasteiger partial charge is 0.292 e. The van der Waals surface area contributed by atoms with Crippen LogP contribution in [0.25, 0.3) is 11.1 Å². The Balaban J connectivity index is 1.97. The zero-order chi connectivity index (χ0) is 19.6. The van der Waals surface area contributed by atoms with Crippen molar-refractivity contribution in [1.29, 1.82) is 0 Å². The van der Waals surface area contributed by atoms with Gasteiger partial charge in [-0.25, -0.2) is 0 Å². The molecule has 0 fully saturated rings. The molecule has 1 atom stereocenters. The quantitative estimate of drug-likeness (QED) is 0.515. The van der Waals surface area contributed by atoms with Gasteiger partial charge in [0.15, 0.2) is 0 Å². The van der Waals surface area contributed by atoms with E-state index in [2.05, 4.69) is 18.3 Å². The molecule has 3 rings (SSSR count). The van der Waals surface area contributed by atoms with Crippen LogP contribution in [0.15, 0.2) is 78.6 Å². The molecule has 140 valence electrons. The summed E-state index contributed by atoms with van der Waals surface area (Å²) in [6, 6.07) is 15.2. The maximum absolute atomic E-state index is 14.3. The lowest BCUT2D eigenvalue weighted by Crippen LogP contribution is -2.33. The first-order valence-corrected chi connectivity index (χ1v) is 9.11. The Labute approximate surface area is 163 Å². The van der Waals surface area contributed by atoms with Crippen LogP contribution in [0.3, 0.4) is 0 Å². The molecular formula is C22H21ClF2N2. The Hall–Kier alpha value is -2.46. The molecule has 27 heavy (non-hydrogen) atoms. The van der Waals surface area contributed by atoms with Crippen LogP contribution in [0.2, 0.25) is 5.02 Å². The minimum Gasteiger partial charge on any atom is -0.261 e. The molecule has 0 spiro atoms. The molecule has 0 N–H and O–H groups in total. The monoisotopic (exact) mass is 386 g/mol. The van der Waals surface area contributed by atoms with Crippen LogP contribution in [-0.2, 0) is 0 Å². The van der Waals surface area contributed by atoms with Crippen LogP contribution in [0, 0.1) is 0 Å². The van der Waals surface area contributed by atoms with Crippen LogP contribution < -0.4 is 0 Å². The first kappa shape index (κ1) is 19.3. The zero-order valence-corrected chi connectivity index (χ0v) is 15.9. The van der Waals surface area contributed by atoms with Gasteiger partial charge in [0.25, 0.3) is 5.92 Å². The van der Waals surface area contributed by atoms with Gasteiger partial charge in [0.05, 0.1) is 17.5 Å². The Kier molecular flexibility index (Phi) is 5.47. The van der Waals surface area contributed by atoms with E-state index in [1.807, 2.05) is 55.5 Å². The van der Waals surface area contributed by atoms with Crippen molar-refractivity contribution in [3.8, 4) is 11.1 Å². The Morgan fingerprint density at radius 2 is 1.85 bits per heavy atom. The first-order chi connectivity index (χ1) is 12.8. The summed E-state index contributed by atoms with van der Waals surface area (Å²) in [6.07, 6.45) is 1.31. The first-order valence-electron chi connectivity index (χ1n) is 8.73. The Morgan fingerprint density at radius 1 is 1.22 bits per heavy atom. The highest BCUT2D eigenvalue weighted by Gasteiger charge is 2.39. The van der Waals surface area contributed by atoms with E-state index in [9.17, 15) is 8.78 Å². The molecule has 0 aliphatic carbocycles. The molecule has 5 heteroatoms. The van der Waals surface area contributed by atoms with Crippen molar-refractivity contribution < 1.29 is 8.78 Å². The molecule has 2 aromatic carbocycles. The smallest absolute Gasteiger partial charge is 0.261 e. The van der Waals surface area contributed by atoms with E-state index in [4.69, 9.17) is 11.6 Å². The highest BCUT2D eigenvalue weighted by atomic mass is 35.5. The fraction of sp³-hybridized carbons (Fsp3) is 0.227. The molecule has 2 nitrogen and oxygen atoms in total. The van der Waals surface area contributed by atoms with Gasteiger partial charge in [-0.2, -0.15) is 13.9 Å². The van der Waals surface area contributed by atoms with Crippen molar-refractivity contribution in [2.45, 2.75) is 31.7 Å². The van der Waals surface area contributed by atoms with Gasteiger partial charge in [-0.3, -0.25) is 5.01 Å². The van der Waals surface area contributed by atoms with E-state index >= 15 is 0 Å². The second-order valence-electron chi connectivity index (χ2n) is 6.64. The van der Waals surface area contributed by atoms with Gasteiger partial charge in [0.1, 0.15) is 0 Å². The van der Waals surface area contributed by atoms with Crippen molar-refractivity contribution in [2.75, 3.05) is 0 Å². The number of nitrogens with zero attached hydrogens (tertiary/aromatic N) is 2. The SMILES string of the molecule is C=CCC(F)(F)C(=C)N1N=C(c2ccccc2-c2ccc(Cl)cc2)CC1C. The minimum atomic E-state index is -3.06. The lowest BCUT2D eigenvalue weighted by molar-refractivity contribution is 0.0107. The van der Waals surface area contributed by atoms with Crippen LogP contribution >= 0.6 is 11.6 Å². The van der Waals surface area contributed by atoms with Crippen molar-refractivity contribution >= 4 is 17.3 Å². The summed E-state index contributed by atoms with van der Waals surface area (Å²) in [7, 11) is 0. The third-order valence-electron chi connectivity index (χ3n) is 4.63. The number of halogens is 3. The average molecular weight is 387 g/mol. The van der Waals surface area contributed by atoms with E-state index in [-0.39, 0.29) is 11.7 Å². The molecule has 1 unspecified atom stereocenters. The Bertz CT molecular complexity index is 887. The molecule has 0 radical (unpaired) electrons. The standard InChI is InChI=1S/C22H21ClF2N2/c1-4-13-22(24,25)16(3)27-15(2)14-21(26-27)20-8-6-5-7-19(20)17-9-11-18(23)12-10-17/h4-12,15H,1,3,13-14H2,2H3. The number of hydrogen-bond donors (Lipinski definition) is 0. The second kappa shape index (κ2) is 7.65. The van der Waals surface area contributed by atoms with Gasteiger partial charge in [-0.05, 0) is 30.2 Å². The zero-order valence-electron chi connectivity index (χ0n) is 15.1.